The van der Waals surface area contributed by atoms with E-state index in [-0.39, 0.29) is 11.8 Å². The summed E-state index contributed by atoms with van der Waals surface area (Å²) in [5.41, 5.74) is 3.49. The molecular weight excluding hydrogens is 224 g/mol. The van der Waals surface area contributed by atoms with Crippen molar-refractivity contribution in [3.05, 3.63) is 29.3 Å². The molecule has 0 spiro atoms. The van der Waals surface area contributed by atoms with E-state index in [4.69, 9.17) is 0 Å². The maximum Gasteiger partial charge on any atom is 0.231 e. The molecule has 0 radical (unpaired) electrons. The van der Waals surface area contributed by atoms with Gasteiger partial charge < -0.3 is 10.2 Å². The molecule has 1 fully saturated rings. The Morgan fingerprint density at radius 2 is 2.11 bits per heavy atom. The van der Waals surface area contributed by atoms with E-state index in [0.29, 0.717) is 0 Å². The number of nitrogens with zero attached hydrogens (tertiary/aromatic N) is 1. The van der Waals surface area contributed by atoms with E-state index in [1.165, 1.54) is 11.1 Å². The molecule has 1 unspecified atom stereocenters. The summed E-state index contributed by atoms with van der Waals surface area (Å²) < 4.78 is 0. The molecule has 1 aliphatic rings. The van der Waals surface area contributed by atoms with Crippen LogP contribution in [0.5, 0.6) is 0 Å². The van der Waals surface area contributed by atoms with Gasteiger partial charge in [0.25, 0.3) is 0 Å². The summed E-state index contributed by atoms with van der Waals surface area (Å²) in [7, 11) is 0. The van der Waals surface area contributed by atoms with Crippen molar-refractivity contribution in [2.24, 2.45) is 5.92 Å². The van der Waals surface area contributed by atoms with Gasteiger partial charge in [0.05, 0.1) is 0 Å². The number of carbonyl (C=O) groups is 1. The van der Waals surface area contributed by atoms with E-state index in [0.717, 1.165) is 31.7 Å². The second-order valence-corrected chi connectivity index (χ2v) is 5.24. The number of hydrogen-bond acceptors (Lipinski definition) is 2. The van der Waals surface area contributed by atoms with Crippen molar-refractivity contribution in [2.75, 3.05) is 24.5 Å². The van der Waals surface area contributed by atoms with Gasteiger partial charge in [0.2, 0.25) is 5.91 Å². The third-order valence-electron chi connectivity index (χ3n) is 3.52. The minimum atomic E-state index is 0.0472. The Morgan fingerprint density at radius 3 is 2.83 bits per heavy atom. The van der Waals surface area contributed by atoms with E-state index in [1.807, 2.05) is 11.8 Å². The maximum absolute atomic E-state index is 12.4. The Balaban J connectivity index is 2.30. The normalized spacial score (nSPS) is 21.6. The Labute approximate surface area is 109 Å². The van der Waals surface area contributed by atoms with Crippen LogP contribution < -0.4 is 10.2 Å². The van der Waals surface area contributed by atoms with Crippen molar-refractivity contribution in [3.63, 3.8) is 0 Å². The zero-order valence-corrected chi connectivity index (χ0v) is 11.5. The second-order valence-electron chi connectivity index (χ2n) is 5.24. The lowest BCUT2D eigenvalue weighted by Crippen LogP contribution is -2.43. The van der Waals surface area contributed by atoms with Crippen molar-refractivity contribution in [3.8, 4) is 0 Å². The monoisotopic (exact) mass is 246 g/mol. The van der Waals surface area contributed by atoms with Crippen LogP contribution in [0.3, 0.4) is 0 Å². The van der Waals surface area contributed by atoms with E-state index in [9.17, 15) is 4.79 Å². The van der Waals surface area contributed by atoms with Crippen molar-refractivity contribution >= 4 is 11.6 Å². The van der Waals surface area contributed by atoms with Crippen molar-refractivity contribution in [1.29, 1.82) is 0 Å². The molecule has 1 aliphatic heterocycles. The predicted octanol–water partition coefficient (Wildman–Crippen LogP) is 2.27. The number of hydrogen-bond donors (Lipinski definition) is 1. The van der Waals surface area contributed by atoms with Gasteiger partial charge in [0, 0.05) is 24.7 Å². The summed E-state index contributed by atoms with van der Waals surface area (Å²) in [4.78, 5) is 14.4. The average Bonchev–Trinajstić information content (AvgIpc) is 2.32. The Morgan fingerprint density at radius 1 is 1.33 bits per heavy atom. The zero-order chi connectivity index (χ0) is 13.1. The Kier molecular flexibility index (Phi) is 4.02. The average molecular weight is 246 g/mol. The molecule has 3 nitrogen and oxygen atoms in total. The minimum Gasteiger partial charge on any atom is -0.316 e. The Hall–Kier alpha value is -1.35. The molecule has 18 heavy (non-hydrogen) atoms. The molecule has 1 N–H and O–H groups in total. The predicted molar refractivity (Wildman–Crippen MR) is 74.9 cm³/mol. The van der Waals surface area contributed by atoms with Crippen LogP contribution in [0.1, 0.15) is 24.5 Å². The molecule has 1 aromatic rings. The van der Waals surface area contributed by atoms with Crippen LogP contribution in [0.2, 0.25) is 0 Å². The number of amides is 1. The van der Waals surface area contributed by atoms with Crippen molar-refractivity contribution in [1.82, 2.24) is 5.32 Å². The molecule has 3 heteroatoms. The summed E-state index contributed by atoms with van der Waals surface area (Å²) in [5, 5.41) is 3.32. The number of anilines is 1. The van der Waals surface area contributed by atoms with E-state index in [1.54, 1.807) is 0 Å². The Bertz CT molecular complexity index is 442. The molecule has 0 bridgehead atoms. The maximum atomic E-state index is 12.4. The number of rotatable bonds is 1. The molecular formula is C15H22N2O. The molecule has 1 heterocycles. The summed E-state index contributed by atoms with van der Waals surface area (Å²) in [6.07, 6.45) is 1.01. The van der Waals surface area contributed by atoms with Crippen LogP contribution in [-0.4, -0.2) is 25.5 Å². The fourth-order valence-electron chi connectivity index (χ4n) is 2.49. The van der Waals surface area contributed by atoms with Gasteiger partial charge in [0.1, 0.15) is 0 Å². The topological polar surface area (TPSA) is 32.3 Å². The summed E-state index contributed by atoms with van der Waals surface area (Å²) in [5.74, 6) is 0.278. The summed E-state index contributed by atoms with van der Waals surface area (Å²) in [6, 6.07) is 6.30. The quantitative estimate of drug-likeness (QED) is 0.824. The second kappa shape index (κ2) is 5.53. The standard InChI is InChI=1S/C15H22N2O/c1-11-5-6-14(12(2)9-11)17-8-4-7-16-10-13(3)15(17)18/h5-6,9,13,16H,4,7-8,10H2,1-3H3. The number of carbonyl (C=O) groups excluding carboxylic acids is 1. The number of nitrogens with one attached hydrogen (secondary N) is 1. The van der Waals surface area contributed by atoms with Crippen LogP contribution >= 0.6 is 0 Å². The number of aryl methyl sites for hydroxylation is 2. The minimum absolute atomic E-state index is 0.0472. The summed E-state index contributed by atoms with van der Waals surface area (Å²) >= 11 is 0. The lowest BCUT2D eigenvalue weighted by Gasteiger charge is -2.30. The molecule has 0 aromatic heterocycles. The highest BCUT2D eigenvalue weighted by molar-refractivity contribution is 5.95. The van der Waals surface area contributed by atoms with Gasteiger partial charge in [-0.25, -0.2) is 0 Å². The van der Waals surface area contributed by atoms with Gasteiger partial charge in [0.15, 0.2) is 0 Å². The third-order valence-corrected chi connectivity index (χ3v) is 3.52. The third kappa shape index (κ3) is 2.72. The van der Waals surface area contributed by atoms with Crippen LogP contribution in [0.4, 0.5) is 5.69 Å². The van der Waals surface area contributed by atoms with E-state index in [2.05, 4.69) is 37.4 Å². The molecule has 1 saturated heterocycles. The fraction of sp³-hybridized carbons (Fsp3) is 0.533. The van der Waals surface area contributed by atoms with Crippen LogP contribution in [0.25, 0.3) is 0 Å². The highest BCUT2D eigenvalue weighted by Gasteiger charge is 2.24. The first-order chi connectivity index (χ1) is 8.59. The van der Waals surface area contributed by atoms with Crippen LogP contribution in [-0.2, 0) is 4.79 Å². The first kappa shape index (κ1) is 13.1. The SMILES string of the molecule is Cc1ccc(N2CCCNCC(C)C2=O)c(C)c1. The number of benzene rings is 1. The van der Waals surface area contributed by atoms with Gasteiger partial charge in [-0.05, 0) is 38.4 Å². The van der Waals surface area contributed by atoms with Gasteiger partial charge in [-0.2, -0.15) is 0 Å². The van der Waals surface area contributed by atoms with Crippen molar-refractivity contribution in [2.45, 2.75) is 27.2 Å². The molecule has 98 valence electrons. The van der Waals surface area contributed by atoms with Crippen LogP contribution in [0.15, 0.2) is 18.2 Å². The summed E-state index contributed by atoms with van der Waals surface area (Å²) in [6.45, 7) is 8.73. The largest absolute Gasteiger partial charge is 0.316 e. The molecule has 1 amide bonds. The van der Waals surface area contributed by atoms with Crippen molar-refractivity contribution < 1.29 is 4.79 Å². The fourth-order valence-corrected chi connectivity index (χ4v) is 2.49. The lowest BCUT2D eigenvalue weighted by molar-refractivity contribution is -0.122. The first-order valence-electron chi connectivity index (χ1n) is 6.69. The lowest BCUT2D eigenvalue weighted by atomic mass is 10.1. The van der Waals surface area contributed by atoms with E-state index < -0.39 is 0 Å². The molecule has 0 saturated carbocycles. The molecule has 1 atom stereocenters. The van der Waals surface area contributed by atoms with Gasteiger partial charge >= 0.3 is 0 Å². The van der Waals surface area contributed by atoms with Gasteiger partial charge in [-0.15, -0.1) is 0 Å². The first-order valence-corrected chi connectivity index (χ1v) is 6.69. The van der Waals surface area contributed by atoms with Gasteiger partial charge in [-0.1, -0.05) is 24.6 Å². The van der Waals surface area contributed by atoms with Gasteiger partial charge in [-0.3, -0.25) is 4.79 Å². The molecule has 2 rings (SSSR count). The molecule has 1 aromatic carbocycles. The zero-order valence-electron chi connectivity index (χ0n) is 11.5. The van der Waals surface area contributed by atoms with E-state index >= 15 is 0 Å². The highest BCUT2D eigenvalue weighted by atomic mass is 16.2. The smallest absolute Gasteiger partial charge is 0.231 e. The highest BCUT2D eigenvalue weighted by Crippen LogP contribution is 2.23. The van der Waals surface area contributed by atoms with Crippen LogP contribution in [0, 0.1) is 19.8 Å². The molecule has 0 aliphatic carbocycles.